The van der Waals surface area contributed by atoms with Gasteiger partial charge in [0.1, 0.15) is 29.3 Å². The highest BCUT2D eigenvalue weighted by Gasteiger charge is 2.46. The van der Waals surface area contributed by atoms with E-state index in [0.29, 0.717) is 50.3 Å². The smallest absolute Gasteiger partial charge is 0.411 e. The molecule has 3 aromatic carbocycles. The third kappa shape index (κ3) is 6.52. The molecule has 14 heteroatoms. The van der Waals surface area contributed by atoms with E-state index >= 15 is 8.78 Å². The Morgan fingerprint density at radius 1 is 1.13 bits per heavy atom. The Bertz CT molecular complexity index is 1820. The molecule has 1 aliphatic heterocycles. The number of nitrogens with zero attached hydrogens (tertiary/aromatic N) is 3. The van der Waals surface area contributed by atoms with Crippen LogP contribution in [0.5, 0.6) is 0 Å². The van der Waals surface area contributed by atoms with Crippen molar-refractivity contribution in [1.82, 2.24) is 10.3 Å². The van der Waals surface area contributed by atoms with E-state index in [1.165, 1.54) is 12.3 Å². The normalized spacial score (nSPS) is 15.8. The number of carbonyl (C=O) groups is 2. The molecule has 1 aliphatic rings. The average molecular weight is 645 g/mol. The number of ether oxygens (including phenoxy) is 1. The zero-order valence-corrected chi connectivity index (χ0v) is 23.8. The van der Waals surface area contributed by atoms with Crippen LogP contribution in [-0.4, -0.2) is 60.0 Å². The van der Waals surface area contributed by atoms with E-state index in [-0.39, 0.29) is 19.6 Å². The molecule has 0 radical (unpaired) electrons. The third-order valence-electron chi connectivity index (χ3n) is 7.37. The number of pyridine rings is 1. The van der Waals surface area contributed by atoms with Gasteiger partial charge in [0.25, 0.3) is 5.91 Å². The molecule has 232 valence electrons. The summed E-state index contributed by atoms with van der Waals surface area (Å²) in [7, 11) is 0. The first-order valence-electron chi connectivity index (χ1n) is 13.4. The lowest BCUT2D eigenvalue weighted by Gasteiger charge is -2.38. The molecule has 2 N–H and O–H groups in total. The Hall–Kier alpha value is -4.80. The van der Waals surface area contributed by atoms with Crippen molar-refractivity contribution in [3.63, 3.8) is 0 Å². The van der Waals surface area contributed by atoms with Gasteiger partial charge < -0.3 is 20.1 Å². The summed E-state index contributed by atoms with van der Waals surface area (Å²) in [4.78, 5) is 30.3. The van der Waals surface area contributed by atoms with Crippen molar-refractivity contribution in [3.8, 4) is 17.2 Å². The molecule has 1 fully saturated rings. The molecule has 1 aromatic heterocycles. The number of alkyl halides is 3. The lowest BCUT2D eigenvalue weighted by molar-refractivity contribution is -0.167. The standard InChI is InChI=1S/C31H22ClF5N4O4/c32-22-10-16(14-38)3-5-20(22)21-6-4-17(19-2-1-7-39-28(19)21)11-25(30(43)44)40-29(42)27-23(33)12-18(13-24(27)34)41-8-9-45-15-26(41)31(35,36)37/h1-7,10,12-13,25-26H,8-9,11,15H2,(H,40,42)(H,43,44)/t25?,26-/m0/s1. The molecule has 5 rings (SSSR count). The van der Waals surface area contributed by atoms with Crippen LogP contribution in [0.25, 0.3) is 22.0 Å². The third-order valence-corrected chi connectivity index (χ3v) is 7.68. The zero-order valence-electron chi connectivity index (χ0n) is 23.0. The van der Waals surface area contributed by atoms with E-state index in [4.69, 9.17) is 21.6 Å². The number of carboxylic acids is 1. The number of benzene rings is 3. The number of morpholine rings is 1. The molecule has 2 atom stereocenters. The molecule has 0 spiro atoms. The second kappa shape index (κ2) is 12.7. The minimum absolute atomic E-state index is 0.107. The number of anilines is 1. The largest absolute Gasteiger partial charge is 0.480 e. The first-order chi connectivity index (χ1) is 21.4. The van der Waals surface area contributed by atoms with Gasteiger partial charge in [0.15, 0.2) is 0 Å². The van der Waals surface area contributed by atoms with Crippen molar-refractivity contribution in [2.24, 2.45) is 0 Å². The lowest BCUT2D eigenvalue weighted by Crippen LogP contribution is -2.53. The molecule has 2 heterocycles. The van der Waals surface area contributed by atoms with Crippen LogP contribution in [0.4, 0.5) is 27.6 Å². The summed E-state index contributed by atoms with van der Waals surface area (Å²) in [6, 6.07) is 10.7. The molecular weight excluding hydrogens is 623 g/mol. The van der Waals surface area contributed by atoms with Crippen molar-refractivity contribution in [2.75, 3.05) is 24.7 Å². The van der Waals surface area contributed by atoms with E-state index in [2.05, 4.69) is 10.3 Å². The van der Waals surface area contributed by atoms with Crippen LogP contribution < -0.4 is 10.2 Å². The van der Waals surface area contributed by atoms with Gasteiger partial charge in [0.05, 0.1) is 30.4 Å². The minimum Gasteiger partial charge on any atom is -0.480 e. The number of aromatic nitrogens is 1. The van der Waals surface area contributed by atoms with Crippen LogP contribution in [0.3, 0.4) is 0 Å². The number of carbonyl (C=O) groups excluding carboxylic acids is 1. The van der Waals surface area contributed by atoms with Crippen LogP contribution in [0.2, 0.25) is 5.02 Å². The summed E-state index contributed by atoms with van der Waals surface area (Å²) in [5.74, 6) is -5.82. The van der Waals surface area contributed by atoms with E-state index in [0.717, 1.165) is 4.90 Å². The predicted molar refractivity (Wildman–Crippen MR) is 154 cm³/mol. The van der Waals surface area contributed by atoms with Gasteiger partial charge in [0.2, 0.25) is 0 Å². The van der Waals surface area contributed by atoms with E-state index < -0.39 is 59.6 Å². The number of rotatable bonds is 7. The predicted octanol–water partition coefficient (Wildman–Crippen LogP) is 5.90. The molecule has 0 saturated carbocycles. The molecule has 1 amide bonds. The fourth-order valence-corrected chi connectivity index (χ4v) is 5.49. The maximum atomic E-state index is 15.1. The number of carboxylic acid groups (broad SMARTS) is 1. The zero-order chi connectivity index (χ0) is 32.5. The van der Waals surface area contributed by atoms with Gasteiger partial charge in [-0.05, 0) is 35.9 Å². The molecule has 0 bridgehead atoms. The minimum atomic E-state index is -4.75. The Kier molecular flexibility index (Phi) is 8.90. The SMILES string of the molecule is N#Cc1ccc(-c2ccc(CC(NC(=O)c3c(F)cc(N4CCOC[C@H]4C(F)(F)F)cc3F)C(=O)O)c3cccnc23)c(Cl)c1. The van der Waals surface area contributed by atoms with Crippen molar-refractivity contribution in [2.45, 2.75) is 24.7 Å². The summed E-state index contributed by atoms with van der Waals surface area (Å²) in [6.07, 6.45) is -3.54. The summed E-state index contributed by atoms with van der Waals surface area (Å²) in [5.41, 5.74) is 0.819. The second-order valence-electron chi connectivity index (χ2n) is 10.2. The summed E-state index contributed by atoms with van der Waals surface area (Å²) in [5, 5.41) is 22.0. The quantitative estimate of drug-likeness (QED) is 0.241. The Balaban J connectivity index is 1.42. The molecular formula is C31H22ClF5N4O4. The number of fused-ring (bicyclic) bond motifs is 1. The Morgan fingerprint density at radius 3 is 2.49 bits per heavy atom. The molecule has 45 heavy (non-hydrogen) atoms. The number of nitrogens with one attached hydrogen (secondary N) is 1. The number of aliphatic carboxylic acids is 1. The first-order valence-corrected chi connectivity index (χ1v) is 13.8. The van der Waals surface area contributed by atoms with Crippen LogP contribution in [0.15, 0.2) is 60.8 Å². The average Bonchev–Trinajstić information content (AvgIpc) is 3.00. The fourth-order valence-electron chi connectivity index (χ4n) is 5.21. The van der Waals surface area contributed by atoms with Gasteiger partial charge >= 0.3 is 12.1 Å². The van der Waals surface area contributed by atoms with Crippen LogP contribution in [0.1, 0.15) is 21.5 Å². The number of hydrogen-bond acceptors (Lipinski definition) is 6. The monoisotopic (exact) mass is 644 g/mol. The first kappa shape index (κ1) is 31.6. The second-order valence-corrected chi connectivity index (χ2v) is 10.6. The van der Waals surface area contributed by atoms with Gasteiger partial charge in [-0.2, -0.15) is 18.4 Å². The molecule has 0 aliphatic carbocycles. The van der Waals surface area contributed by atoms with Gasteiger partial charge in [-0.3, -0.25) is 9.78 Å². The van der Waals surface area contributed by atoms with Crippen molar-refractivity contribution in [1.29, 1.82) is 5.26 Å². The van der Waals surface area contributed by atoms with E-state index in [1.807, 2.05) is 6.07 Å². The van der Waals surface area contributed by atoms with Crippen molar-refractivity contribution in [3.05, 3.63) is 94.1 Å². The number of hydrogen-bond donors (Lipinski definition) is 2. The van der Waals surface area contributed by atoms with Crippen LogP contribution >= 0.6 is 11.6 Å². The number of halogens is 6. The summed E-state index contributed by atoms with van der Waals surface area (Å²) in [6.45, 7) is -1.14. The highest BCUT2D eigenvalue weighted by molar-refractivity contribution is 6.33. The number of amides is 1. The number of nitriles is 1. The van der Waals surface area contributed by atoms with Crippen LogP contribution in [-0.2, 0) is 16.0 Å². The van der Waals surface area contributed by atoms with Crippen molar-refractivity contribution >= 4 is 40.1 Å². The Labute approximate surface area is 257 Å². The van der Waals surface area contributed by atoms with Crippen molar-refractivity contribution < 1.29 is 41.4 Å². The maximum Gasteiger partial charge on any atom is 0.411 e. The van der Waals surface area contributed by atoms with Gasteiger partial charge in [-0.15, -0.1) is 0 Å². The Morgan fingerprint density at radius 2 is 1.84 bits per heavy atom. The van der Waals surface area contributed by atoms with Crippen LogP contribution in [0, 0.1) is 23.0 Å². The summed E-state index contributed by atoms with van der Waals surface area (Å²) >= 11 is 6.41. The van der Waals surface area contributed by atoms with Gasteiger partial charge in [0, 0.05) is 46.4 Å². The maximum absolute atomic E-state index is 15.1. The fraction of sp³-hybridized carbons (Fsp3) is 0.226. The van der Waals surface area contributed by atoms with Gasteiger partial charge in [-0.1, -0.05) is 35.9 Å². The molecule has 1 unspecified atom stereocenters. The van der Waals surface area contributed by atoms with E-state index in [1.54, 1.807) is 36.4 Å². The highest BCUT2D eigenvalue weighted by Crippen LogP contribution is 2.35. The van der Waals surface area contributed by atoms with Gasteiger partial charge in [-0.25, -0.2) is 13.6 Å². The highest BCUT2D eigenvalue weighted by atomic mass is 35.5. The lowest BCUT2D eigenvalue weighted by atomic mass is 9.94. The topological polar surface area (TPSA) is 116 Å². The molecule has 4 aromatic rings. The molecule has 8 nitrogen and oxygen atoms in total. The summed E-state index contributed by atoms with van der Waals surface area (Å²) < 4.78 is 75.5. The molecule has 1 saturated heterocycles. The van der Waals surface area contributed by atoms with E-state index in [9.17, 15) is 27.9 Å².